The maximum Gasteiger partial charge on any atom is 0.169 e. The van der Waals surface area contributed by atoms with Gasteiger partial charge in [0.05, 0.1) is 0 Å². The van der Waals surface area contributed by atoms with E-state index < -0.39 is 0 Å². The molecule has 0 aliphatic rings. The van der Waals surface area contributed by atoms with Crippen LogP contribution in [0.1, 0.15) is 6.92 Å². The van der Waals surface area contributed by atoms with Gasteiger partial charge in [-0.25, -0.2) is 9.13 Å². The second-order valence-electron chi connectivity index (χ2n) is 3.67. The van der Waals surface area contributed by atoms with E-state index in [1.54, 1.807) is 0 Å². The van der Waals surface area contributed by atoms with Crippen molar-refractivity contribution in [1.82, 2.24) is 0 Å². The van der Waals surface area contributed by atoms with Crippen LogP contribution in [0.15, 0.2) is 49.1 Å². The summed E-state index contributed by atoms with van der Waals surface area (Å²) >= 11 is 0. The molecule has 2 nitrogen and oxygen atoms in total. The Morgan fingerprint density at radius 1 is 0.867 bits per heavy atom. The zero-order chi connectivity index (χ0) is 10.7. The van der Waals surface area contributed by atoms with Gasteiger partial charge in [-0.3, -0.25) is 0 Å². The Balaban J connectivity index is 2.33. The normalized spacial score (nSPS) is 10.3. The molecule has 0 amide bonds. The van der Waals surface area contributed by atoms with Crippen molar-refractivity contribution in [1.29, 1.82) is 0 Å². The van der Waals surface area contributed by atoms with Gasteiger partial charge in [0.2, 0.25) is 0 Å². The zero-order valence-electron chi connectivity index (χ0n) is 9.22. The fourth-order valence-electron chi connectivity index (χ4n) is 1.55. The number of hydrogen-bond acceptors (Lipinski definition) is 0. The third-order valence-electron chi connectivity index (χ3n) is 2.57. The van der Waals surface area contributed by atoms with E-state index in [0.717, 1.165) is 6.54 Å². The van der Waals surface area contributed by atoms with E-state index in [4.69, 9.17) is 0 Å². The smallest absolute Gasteiger partial charge is 0.169 e. The van der Waals surface area contributed by atoms with Gasteiger partial charge in [-0.1, -0.05) is 0 Å². The summed E-state index contributed by atoms with van der Waals surface area (Å²) in [5.41, 5.74) is 2.52. The first kappa shape index (κ1) is 9.84. The molecule has 0 aliphatic heterocycles. The maximum atomic E-state index is 2.16. The number of pyridine rings is 2. The molecule has 0 saturated carbocycles. The summed E-state index contributed by atoms with van der Waals surface area (Å²) in [6.45, 7) is 3.16. The molecular formula is C13H16N2+2. The Hall–Kier alpha value is -1.70. The molecule has 0 atom stereocenters. The van der Waals surface area contributed by atoms with E-state index in [0.29, 0.717) is 0 Å². The summed E-state index contributed by atoms with van der Waals surface area (Å²) in [5, 5.41) is 0. The topological polar surface area (TPSA) is 7.76 Å². The molecule has 0 saturated heterocycles. The van der Waals surface area contributed by atoms with Crippen LogP contribution < -0.4 is 9.13 Å². The molecule has 2 heterocycles. The van der Waals surface area contributed by atoms with Crippen molar-refractivity contribution in [3.05, 3.63) is 49.1 Å². The highest BCUT2D eigenvalue weighted by Gasteiger charge is 2.02. The van der Waals surface area contributed by atoms with Gasteiger partial charge >= 0.3 is 0 Å². The number of hydrogen-bond donors (Lipinski definition) is 0. The molecule has 0 radical (unpaired) electrons. The van der Waals surface area contributed by atoms with Crippen LogP contribution >= 0.6 is 0 Å². The third-order valence-corrected chi connectivity index (χ3v) is 2.57. The van der Waals surface area contributed by atoms with E-state index in [1.165, 1.54) is 11.1 Å². The molecular weight excluding hydrogens is 184 g/mol. The van der Waals surface area contributed by atoms with Gasteiger partial charge in [0.25, 0.3) is 0 Å². The van der Waals surface area contributed by atoms with E-state index >= 15 is 0 Å². The van der Waals surface area contributed by atoms with Crippen molar-refractivity contribution in [2.75, 3.05) is 0 Å². The highest BCUT2D eigenvalue weighted by Crippen LogP contribution is 2.15. The summed E-state index contributed by atoms with van der Waals surface area (Å²) in [5.74, 6) is 0. The summed E-state index contributed by atoms with van der Waals surface area (Å²) in [7, 11) is 2.03. The minimum Gasteiger partial charge on any atom is -0.208 e. The van der Waals surface area contributed by atoms with Crippen LogP contribution in [0.3, 0.4) is 0 Å². The van der Waals surface area contributed by atoms with Crippen molar-refractivity contribution in [3.63, 3.8) is 0 Å². The van der Waals surface area contributed by atoms with Crippen LogP contribution in [0.5, 0.6) is 0 Å². The van der Waals surface area contributed by atoms with Gasteiger partial charge in [-0.05, 0) is 18.1 Å². The van der Waals surface area contributed by atoms with Crippen molar-refractivity contribution in [2.45, 2.75) is 13.5 Å². The second-order valence-corrected chi connectivity index (χ2v) is 3.67. The maximum absolute atomic E-state index is 2.16. The standard InChI is InChI=1S/C13H16N2/c1-3-15-10-6-13(7-11-15)12-4-8-14(2)9-5-12/h4-11H,3H2,1-2H3/q+2. The predicted molar refractivity (Wildman–Crippen MR) is 58.9 cm³/mol. The molecule has 0 spiro atoms. The summed E-state index contributed by atoms with van der Waals surface area (Å²) in [6, 6.07) is 8.56. The molecule has 0 N–H and O–H groups in total. The number of rotatable bonds is 2. The van der Waals surface area contributed by atoms with E-state index in [1.807, 2.05) is 11.6 Å². The molecule has 0 bridgehead atoms. The predicted octanol–water partition coefficient (Wildman–Crippen LogP) is 1.49. The van der Waals surface area contributed by atoms with Gasteiger partial charge in [-0.2, -0.15) is 0 Å². The van der Waals surface area contributed by atoms with Gasteiger partial charge < -0.3 is 0 Å². The summed E-state index contributed by atoms with van der Waals surface area (Å²) in [4.78, 5) is 0. The van der Waals surface area contributed by atoms with Crippen LogP contribution in [0, 0.1) is 0 Å². The molecule has 0 fully saturated rings. The average molecular weight is 200 g/mol. The Morgan fingerprint density at radius 3 is 1.80 bits per heavy atom. The molecule has 15 heavy (non-hydrogen) atoms. The van der Waals surface area contributed by atoms with Crippen molar-refractivity contribution in [2.24, 2.45) is 7.05 Å². The SMILES string of the molecule is CC[n+]1ccc(-c2cc[n+](C)cc2)cc1. The van der Waals surface area contributed by atoms with Gasteiger partial charge in [0.1, 0.15) is 13.6 Å². The lowest BCUT2D eigenvalue weighted by Crippen LogP contribution is -2.30. The molecule has 0 aromatic carbocycles. The lowest BCUT2D eigenvalue weighted by molar-refractivity contribution is -0.693. The number of nitrogens with zero attached hydrogens (tertiary/aromatic N) is 2. The van der Waals surface area contributed by atoms with Crippen LogP contribution in [0.4, 0.5) is 0 Å². The first-order valence-corrected chi connectivity index (χ1v) is 5.24. The van der Waals surface area contributed by atoms with Crippen molar-refractivity contribution >= 4 is 0 Å². The van der Waals surface area contributed by atoms with E-state index in [9.17, 15) is 0 Å². The average Bonchev–Trinajstić information content (AvgIpc) is 2.30. The molecule has 2 rings (SSSR count). The van der Waals surface area contributed by atoms with Crippen LogP contribution in [0.25, 0.3) is 11.1 Å². The largest absolute Gasteiger partial charge is 0.208 e. The second kappa shape index (κ2) is 4.22. The van der Waals surface area contributed by atoms with E-state index in [-0.39, 0.29) is 0 Å². The van der Waals surface area contributed by atoms with Gasteiger partial charge in [0.15, 0.2) is 24.8 Å². The van der Waals surface area contributed by atoms with Crippen LogP contribution in [-0.4, -0.2) is 0 Å². The van der Waals surface area contributed by atoms with Crippen molar-refractivity contribution in [3.8, 4) is 11.1 Å². The minimum atomic E-state index is 1.02. The number of aryl methyl sites for hydroxylation is 2. The lowest BCUT2D eigenvalue weighted by atomic mass is 10.1. The Kier molecular flexibility index (Phi) is 2.77. The van der Waals surface area contributed by atoms with Gasteiger partial charge in [0, 0.05) is 24.3 Å². The molecule has 2 heteroatoms. The van der Waals surface area contributed by atoms with Crippen LogP contribution in [-0.2, 0) is 13.6 Å². The molecule has 0 unspecified atom stereocenters. The fraction of sp³-hybridized carbons (Fsp3) is 0.231. The zero-order valence-corrected chi connectivity index (χ0v) is 9.22. The third kappa shape index (κ3) is 2.21. The number of aromatic nitrogens is 2. The monoisotopic (exact) mass is 200 g/mol. The summed E-state index contributed by atoms with van der Waals surface area (Å²) < 4.78 is 4.20. The van der Waals surface area contributed by atoms with Crippen molar-refractivity contribution < 1.29 is 9.13 Å². The van der Waals surface area contributed by atoms with Crippen LogP contribution in [0.2, 0.25) is 0 Å². The molecule has 76 valence electrons. The summed E-state index contributed by atoms with van der Waals surface area (Å²) in [6.07, 6.45) is 8.36. The highest BCUT2D eigenvalue weighted by molar-refractivity contribution is 5.60. The Bertz CT molecular complexity index is 429. The molecule has 2 aromatic rings. The Morgan fingerprint density at radius 2 is 1.33 bits per heavy atom. The first-order valence-electron chi connectivity index (χ1n) is 5.24. The first-order chi connectivity index (χ1) is 7.29. The van der Waals surface area contributed by atoms with E-state index in [2.05, 4.69) is 60.5 Å². The quantitative estimate of drug-likeness (QED) is 0.649. The Labute approximate surface area is 90.4 Å². The molecule has 0 aliphatic carbocycles. The minimum absolute atomic E-state index is 1.02. The highest BCUT2D eigenvalue weighted by atomic mass is 14.9. The van der Waals surface area contributed by atoms with Gasteiger partial charge in [-0.15, -0.1) is 0 Å². The molecule has 2 aromatic heterocycles. The fourth-order valence-corrected chi connectivity index (χ4v) is 1.55. The lowest BCUT2D eigenvalue weighted by Gasteiger charge is -1.98.